The van der Waals surface area contributed by atoms with Crippen LogP contribution in [0.15, 0.2) is 28.9 Å². The number of hydrogen-bond donors (Lipinski definition) is 2. The third kappa shape index (κ3) is 2.33. The number of nitrogens with zero attached hydrogens (tertiary/aromatic N) is 1. The number of amides is 1. The molecule has 0 spiro atoms. The molecule has 17 heavy (non-hydrogen) atoms. The summed E-state index contributed by atoms with van der Waals surface area (Å²) in [6.45, 7) is 0. The first kappa shape index (κ1) is 11.7. The number of nitrogens with one attached hydrogen (secondary N) is 2. The van der Waals surface area contributed by atoms with Gasteiger partial charge in [-0.1, -0.05) is 0 Å². The minimum absolute atomic E-state index is 0.0683. The summed E-state index contributed by atoms with van der Waals surface area (Å²) in [5, 5.41) is 8.09. The van der Waals surface area contributed by atoms with Crippen LogP contribution in [-0.4, -0.2) is 16.1 Å². The zero-order chi connectivity index (χ0) is 12.4. The lowest BCUT2D eigenvalue weighted by Crippen LogP contribution is -2.15. The SMILES string of the molecule is O=C(Nc1c(F)ccc(Br)c1F)c1ccn[nH]1. The van der Waals surface area contributed by atoms with E-state index in [1.165, 1.54) is 18.3 Å². The molecule has 7 heteroatoms. The van der Waals surface area contributed by atoms with Gasteiger partial charge >= 0.3 is 0 Å². The normalized spacial score (nSPS) is 10.3. The summed E-state index contributed by atoms with van der Waals surface area (Å²) in [4.78, 5) is 11.6. The minimum Gasteiger partial charge on any atom is -0.316 e. The van der Waals surface area contributed by atoms with Crippen molar-refractivity contribution in [1.29, 1.82) is 0 Å². The molecule has 0 saturated carbocycles. The summed E-state index contributed by atoms with van der Waals surface area (Å²) in [5.74, 6) is -2.38. The average Bonchev–Trinajstić information content (AvgIpc) is 2.83. The fourth-order valence-corrected chi connectivity index (χ4v) is 1.54. The van der Waals surface area contributed by atoms with Crippen LogP contribution in [0.2, 0.25) is 0 Å². The number of rotatable bonds is 2. The van der Waals surface area contributed by atoms with Crippen LogP contribution in [0.4, 0.5) is 14.5 Å². The monoisotopic (exact) mass is 301 g/mol. The van der Waals surface area contributed by atoms with Gasteiger partial charge in [0.05, 0.1) is 4.47 Å². The number of carbonyl (C=O) groups excluding carboxylic acids is 1. The molecule has 1 aromatic carbocycles. The summed E-state index contributed by atoms with van der Waals surface area (Å²) in [6, 6.07) is 3.66. The van der Waals surface area contributed by atoms with Crippen LogP contribution in [0.3, 0.4) is 0 Å². The molecule has 1 amide bonds. The fourth-order valence-electron chi connectivity index (χ4n) is 1.20. The second kappa shape index (κ2) is 4.62. The highest BCUT2D eigenvalue weighted by Gasteiger charge is 2.16. The summed E-state index contributed by atoms with van der Waals surface area (Å²) < 4.78 is 26.9. The quantitative estimate of drug-likeness (QED) is 0.838. The van der Waals surface area contributed by atoms with Gasteiger partial charge in [-0.3, -0.25) is 9.89 Å². The van der Waals surface area contributed by atoms with Crippen molar-refractivity contribution < 1.29 is 13.6 Å². The minimum atomic E-state index is -0.863. The summed E-state index contributed by atoms with van der Waals surface area (Å²) in [6.07, 6.45) is 1.36. The molecule has 0 saturated heterocycles. The van der Waals surface area contributed by atoms with E-state index in [9.17, 15) is 13.6 Å². The molecule has 2 rings (SSSR count). The molecule has 1 aromatic heterocycles. The Bertz CT molecular complexity index is 557. The number of halogens is 3. The van der Waals surface area contributed by atoms with Crippen LogP contribution in [0.25, 0.3) is 0 Å². The van der Waals surface area contributed by atoms with Crippen molar-refractivity contribution in [1.82, 2.24) is 10.2 Å². The summed E-state index contributed by atoms with van der Waals surface area (Å²) >= 11 is 2.91. The molecule has 2 aromatic rings. The molecule has 2 N–H and O–H groups in total. The van der Waals surface area contributed by atoms with Crippen LogP contribution in [0, 0.1) is 11.6 Å². The highest BCUT2D eigenvalue weighted by atomic mass is 79.9. The molecule has 0 atom stereocenters. The van der Waals surface area contributed by atoms with E-state index in [2.05, 4.69) is 31.4 Å². The highest BCUT2D eigenvalue weighted by molar-refractivity contribution is 9.10. The number of hydrogen-bond acceptors (Lipinski definition) is 2. The van der Waals surface area contributed by atoms with Crippen molar-refractivity contribution in [2.75, 3.05) is 5.32 Å². The van der Waals surface area contributed by atoms with Crippen molar-refractivity contribution >= 4 is 27.5 Å². The lowest BCUT2D eigenvalue weighted by atomic mass is 10.2. The van der Waals surface area contributed by atoms with Gasteiger partial charge in [-0.15, -0.1) is 0 Å². The number of aromatic amines is 1. The molecular formula is C10H6BrF2N3O. The fraction of sp³-hybridized carbons (Fsp3) is 0. The number of H-pyrrole nitrogens is 1. The van der Waals surface area contributed by atoms with Crippen LogP contribution in [0.5, 0.6) is 0 Å². The van der Waals surface area contributed by atoms with Crippen molar-refractivity contribution in [2.45, 2.75) is 0 Å². The van der Waals surface area contributed by atoms with Gasteiger partial charge < -0.3 is 5.32 Å². The van der Waals surface area contributed by atoms with Crippen LogP contribution < -0.4 is 5.32 Å². The van der Waals surface area contributed by atoms with E-state index in [0.717, 1.165) is 6.07 Å². The molecule has 0 fully saturated rings. The smallest absolute Gasteiger partial charge is 0.273 e. The molecule has 0 aliphatic carbocycles. The highest BCUT2D eigenvalue weighted by Crippen LogP contribution is 2.26. The predicted octanol–water partition coefficient (Wildman–Crippen LogP) is 2.70. The molecule has 0 unspecified atom stereocenters. The Kier molecular flexibility index (Phi) is 3.19. The van der Waals surface area contributed by atoms with Gasteiger partial charge in [0.25, 0.3) is 5.91 Å². The molecule has 0 bridgehead atoms. The molecule has 4 nitrogen and oxygen atoms in total. The molecule has 0 aliphatic heterocycles. The molecule has 1 heterocycles. The Morgan fingerprint density at radius 3 is 2.76 bits per heavy atom. The second-order valence-electron chi connectivity index (χ2n) is 3.14. The topological polar surface area (TPSA) is 57.8 Å². The van der Waals surface area contributed by atoms with Crippen LogP contribution in [-0.2, 0) is 0 Å². The molecular weight excluding hydrogens is 296 g/mol. The van der Waals surface area contributed by atoms with E-state index in [1.54, 1.807) is 0 Å². The van der Waals surface area contributed by atoms with Crippen molar-refractivity contribution in [3.63, 3.8) is 0 Å². The molecule has 88 valence electrons. The Labute approximate surface area is 103 Å². The van der Waals surface area contributed by atoms with Crippen molar-refractivity contribution in [2.24, 2.45) is 0 Å². The molecule has 0 aliphatic rings. The van der Waals surface area contributed by atoms with Crippen molar-refractivity contribution in [3.8, 4) is 0 Å². The third-order valence-corrected chi connectivity index (χ3v) is 2.64. The first-order chi connectivity index (χ1) is 8.09. The Morgan fingerprint density at radius 2 is 2.12 bits per heavy atom. The first-order valence-corrected chi connectivity index (χ1v) is 5.33. The number of aromatic nitrogens is 2. The summed E-state index contributed by atoms with van der Waals surface area (Å²) in [5.41, 5.74) is -0.386. The maximum absolute atomic E-state index is 13.5. The number of carbonyl (C=O) groups is 1. The Balaban J connectivity index is 2.31. The number of benzene rings is 1. The van der Waals surface area contributed by atoms with Crippen LogP contribution in [0.1, 0.15) is 10.5 Å². The Morgan fingerprint density at radius 1 is 1.35 bits per heavy atom. The zero-order valence-electron chi connectivity index (χ0n) is 8.30. The van der Waals surface area contributed by atoms with Crippen LogP contribution >= 0.6 is 15.9 Å². The van der Waals surface area contributed by atoms with Gasteiger partial charge in [-0.2, -0.15) is 5.10 Å². The average molecular weight is 302 g/mol. The zero-order valence-corrected chi connectivity index (χ0v) is 9.88. The van der Waals surface area contributed by atoms with Gasteiger partial charge in [0, 0.05) is 6.20 Å². The van der Waals surface area contributed by atoms with Gasteiger partial charge in [-0.25, -0.2) is 8.78 Å². The number of anilines is 1. The van der Waals surface area contributed by atoms with E-state index >= 15 is 0 Å². The van der Waals surface area contributed by atoms with E-state index < -0.39 is 23.2 Å². The third-order valence-electron chi connectivity index (χ3n) is 2.03. The van der Waals surface area contributed by atoms with Crippen molar-refractivity contribution in [3.05, 3.63) is 46.2 Å². The second-order valence-corrected chi connectivity index (χ2v) is 4.00. The first-order valence-electron chi connectivity index (χ1n) is 4.54. The lowest BCUT2D eigenvalue weighted by Gasteiger charge is -2.07. The largest absolute Gasteiger partial charge is 0.316 e. The van der Waals surface area contributed by atoms with E-state index in [4.69, 9.17) is 0 Å². The maximum atomic E-state index is 13.5. The van der Waals surface area contributed by atoms with E-state index in [-0.39, 0.29) is 10.2 Å². The Hall–Kier alpha value is -1.76. The van der Waals surface area contributed by atoms with Gasteiger partial charge in [0.2, 0.25) is 0 Å². The molecule has 0 radical (unpaired) electrons. The van der Waals surface area contributed by atoms with Gasteiger partial charge in [0.1, 0.15) is 17.2 Å². The lowest BCUT2D eigenvalue weighted by molar-refractivity contribution is 0.102. The maximum Gasteiger partial charge on any atom is 0.273 e. The standard InChI is InChI=1S/C10H6BrF2N3O/c11-5-1-2-6(12)9(8(5)13)15-10(17)7-3-4-14-16-7/h1-4H,(H,14,16)(H,15,17). The predicted molar refractivity (Wildman–Crippen MR) is 60.6 cm³/mol. The van der Waals surface area contributed by atoms with Gasteiger partial charge in [0.15, 0.2) is 5.82 Å². The summed E-state index contributed by atoms with van der Waals surface area (Å²) in [7, 11) is 0. The van der Waals surface area contributed by atoms with E-state index in [1.807, 2.05) is 0 Å². The van der Waals surface area contributed by atoms with E-state index in [0.29, 0.717) is 0 Å². The van der Waals surface area contributed by atoms with Gasteiger partial charge in [-0.05, 0) is 34.1 Å².